The molecule has 0 bridgehead atoms. The normalized spacial score (nSPS) is 10.5. The van der Waals surface area contributed by atoms with Gasteiger partial charge < -0.3 is 19.3 Å². The van der Waals surface area contributed by atoms with E-state index in [9.17, 15) is 14.4 Å². The van der Waals surface area contributed by atoms with Crippen LogP contribution >= 0.6 is 11.6 Å². The number of aromatic nitrogens is 3. The fourth-order valence-electron chi connectivity index (χ4n) is 3.13. The van der Waals surface area contributed by atoms with E-state index in [1.54, 1.807) is 0 Å². The molecule has 11 nitrogen and oxygen atoms in total. The van der Waals surface area contributed by atoms with Crippen molar-refractivity contribution in [2.24, 2.45) is 7.05 Å². The second kappa shape index (κ2) is 11.4. The summed E-state index contributed by atoms with van der Waals surface area (Å²) in [5, 5.41) is 22.1. The van der Waals surface area contributed by atoms with Gasteiger partial charge in [0.1, 0.15) is 11.6 Å². The molecule has 0 aliphatic rings. The first-order valence-electron chi connectivity index (χ1n) is 10.4. The Morgan fingerprint density at radius 2 is 2.00 bits per heavy atom. The number of halogens is 2. The number of aliphatic carboxylic acids is 1. The zero-order valence-corrected chi connectivity index (χ0v) is 19.9. The molecule has 0 atom stereocenters. The molecule has 0 fully saturated rings. The number of rotatable bonds is 10. The van der Waals surface area contributed by atoms with Gasteiger partial charge in [-0.2, -0.15) is 15.0 Å². The van der Waals surface area contributed by atoms with Crippen molar-refractivity contribution in [3.63, 3.8) is 0 Å². The lowest BCUT2D eigenvalue weighted by atomic mass is 10.1. The number of esters is 1. The number of nitriles is 1. The Balaban J connectivity index is 1.84. The molecule has 36 heavy (non-hydrogen) atoms. The van der Waals surface area contributed by atoms with Crippen LogP contribution in [0.15, 0.2) is 35.1 Å². The Bertz CT molecular complexity index is 1410. The minimum Gasteiger partial charge on any atom is -0.493 e. The molecule has 3 rings (SSSR count). The van der Waals surface area contributed by atoms with Crippen LogP contribution in [0.25, 0.3) is 0 Å². The van der Waals surface area contributed by atoms with Gasteiger partial charge in [0.2, 0.25) is 5.75 Å². The molecule has 0 unspecified atom stereocenters. The summed E-state index contributed by atoms with van der Waals surface area (Å²) < 4.78 is 33.3. The van der Waals surface area contributed by atoms with Gasteiger partial charge >= 0.3 is 17.6 Å². The molecule has 0 spiro atoms. The third-order valence-corrected chi connectivity index (χ3v) is 5.17. The van der Waals surface area contributed by atoms with Crippen molar-refractivity contribution in [3.05, 3.63) is 68.6 Å². The predicted octanol–water partition coefficient (Wildman–Crippen LogP) is 3.00. The number of ether oxygens (including phenoxy) is 3. The molecule has 0 saturated carbocycles. The van der Waals surface area contributed by atoms with Gasteiger partial charge in [0.05, 0.1) is 31.6 Å². The van der Waals surface area contributed by atoms with Crippen LogP contribution in [0.3, 0.4) is 0 Å². The highest BCUT2D eigenvalue weighted by molar-refractivity contribution is 6.30. The molecule has 188 valence electrons. The maximum Gasteiger partial charge on any atom is 0.348 e. The number of carboxylic acid groups (broad SMARTS) is 1. The Hall–Kier alpha value is -4.37. The van der Waals surface area contributed by atoms with Gasteiger partial charge in [-0.25, -0.2) is 9.18 Å². The molecule has 1 heterocycles. The minimum absolute atomic E-state index is 0.0856. The molecule has 0 saturated heterocycles. The molecule has 2 aromatic carbocycles. The van der Waals surface area contributed by atoms with Crippen molar-refractivity contribution >= 4 is 23.5 Å². The SMILES string of the molecule is COc1ccc(Cc2nn(COC(=O)CCC(=O)O)c(=O)n2C)c(F)c1Oc1cc(Cl)cc(C#N)c1. The number of nitrogens with zero attached hydrogens (tertiary/aromatic N) is 4. The van der Waals surface area contributed by atoms with Crippen molar-refractivity contribution in [3.8, 4) is 23.3 Å². The molecule has 0 aliphatic carbocycles. The van der Waals surface area contributed by atoms with Crippen LogP contribution in [0.1, 0.15) is 29.8 Å². The van der Waals surface area contributed by atoms with Crippen LogP contribution in [0.5, 0.6) is 17.2 Å². The Morgan fingerprint density at radius 1 is 1.25 bits per heavy atom. The maximum atomic E-state index is 15.5. The van der Waals surface area contributed by atoms with E-state index in [1.165, 1.54) is 44.5 Å². The van der Waals surface area contributed by atoms with Crippen molar-refractivity contribution in [1.29, 1.82) is 5.26 Å². The molecule has 3 aromatic rings. The number of benzene rings is 2. The first-order valence-corrected chi connectivity index (χ1v) is 10.7. The standard InChI is InChI=1S/C23H20ClFN4O7/c1-28-18(27-29(23(28)33)12-35-20(32)6-5-19(30)31)9-14-3-4-17(34-2)22(21(14)25)36-16-8-13(11-26)7-15(24)10-16/h3-4,7-8,10H,5-6,9,12H2,1-2H3,(H,30,31). The summed E-state index contributed by atoms with van der Waals surface area (Å²) in [6, 6.07) is 9.08. The lowest BCUT2D eigenvalue weighted by Crippen LogP contribution is -2.25. The largest absolute Gasteiger partial charge is 0.493 e. The summed E-state index contributed by atoms with van der Waals surface area (Å²) in [5.41, 5.74) is -0.284. The van der Waals surface area contributed by atoms with E-state index in [0.717, 1.165) is 9.25 Å². The summed E-state index contributed by atoms with van der Waals surface area (Å²) in [6.07, 6.45) is -0.891. The van der Waals surface area contributed by atoms with Crippen LogP contribution in [-0.4, -0.2) is 38.5 Å². The summed E-state index contributed by atoms with van der Waals surface area (Å²) in [7, 11) is 2.75. The van der Waals surface area contributed by atoms with Crippen LogP contribution in [0.2, 0.25) is 5.02 Å². The van der Waals surface area contributed by atoms with Gasteiger partial charge in [0.25, 0.3) is 0 Å². The highest BCUT2D eigenvalue weighted by atomic mass is 35.5. The number of carboxylic acids is 1. The van der Waals surface area contributed by atoms with E-state index in [2.05, 4.69) is 5.10 Å². The highest BCUT2D eigenvalue weighted by Gasteiger charge is 2.20. The molecule has 13 heteroatoms. The number of carbonyl (C=O) groups excluding carboxylic acids is 1. The molecule has 0 radical (unpaired) electrons. The van der Waals surface area contributed by atoms with Gasteiger partial charge in [-0.3, -0.25) is 14.2 Å². The molecule has 0 aliphatic heterocycles. The van der Waals surface area contributed by atoms with Gasteiger partial charge in [0.15, 0.2) is 18.3 Å². The minimum atomic E-state index is -1.16. The topological polar surface area (TPSA) is 146 Å². The molecular formula is C23H20ClFN4O7. The number of hydrogen-bond donors (Lipinski definition) is 1. The van der Waals surface area contributed by atoms with Crippen LogP contribution in [-0.2, 0) is 34.5 Å². The van der Waals surface area contributed by atoms with Gasteiger partial charge in [-0.15, -0.1) is 0 Å². The summed E-state index contributed by atoms with van der Waals surface area (Å²) in [4.78, 5) is 34.6. The van der Waals surface area contributed by atoms with E-state index in [4.69, 9.17) is 36.2 Å². The quantitative estimate of drug-likeness (QED) is 0.400. The molecule has 1 aromatic heterocycles. The number of hydrogen-bond acceptors (Lipinski definition) is 8. The van der Waals surface area contributed by atoms with E-state index < -0.39 is 36.6 Å². The average molecular weight is 519 g/mol. The Kier molecular flexibility index (Phi) is 8.29. The number of carbonyl (C=O) groups is 2. The highest BCUT2D eigenvalue weighted by Crippen LogP contribution is 2.37. The zero-order valence-electron chi connectivity index (χ0n) is 19.2. The van der Waals surface area contributed by atoms with E-state index in [1.807, 2.05) is 6.07 Å². The second-order valence-corrected chi connectivity index (χ2v) is 7.87. The summed E-state index contributed by atoms with van der Waals surface area (Å²) >= 11 is 6.00. The lowest BCUT2D eigenvalue weighted by Gasteiger charge is -2.14. The van der Waals surface area contributed by atoms with E-state index >= 15 is 4.39 Å². The third kappa shape index (κ3) is 6.19. The Morgan fingerprint density at radius 3 is 2.67 bits per heavy atom. The predicted molar refractivity (Wildman–Crippen MR) is 122 cm³/mol. The molecule has 0 amide bonds. The second-order valence-electron chi connectivity index (χ2n) is 7.43. The van der Waals surface area contributed by atoms with Gasteiger partial charge in [-0.1, -0.05) is 17.7 Å². The van der Waals surface area contributed by atoms with Crippen LogP contribution in [0, 0.1) is 17.1 Å². The van der Waals surface area contributed by atoms with Gasteiger partial charge in [-0.05, 0) is 29.8 Å². The van der Waals surface area contributed by atoms with Gasteiger partial charge in [0, 0.05) is 18.5 Å². The first kappa shape index (κ1) is 26.2. The zero-order chi connectivity index (χ0) is 26.4. The van der Waals surface area contributed by atoms with E-state index in [-0.39, 0.29) is 52.1 Å². The monoisotopic (exact) mass is 518 g/mol. The molecular weight excluding hydrogens is 499 g/mol. The summed E-state index contributed by atoms with van der Waals surface area (Å²) in [6.45, 7) is -0.527. The first-order chi connectivity index (χ1) is 17.1. The molecule has 1 N–H and O–H groups in total. The van der Waals surface area contributed by atoms with Crippen molar-refractivity contribution in [2.75, 3.05) is 7.11 Å². The third-order valence-electron chi connectivity index (χ3n) is 4.95. The fourth-order valence-corrected chi connectivity index (χ4v) is 3.36. The maximum absolute atomic E-state index is 15.5. The van der Waals surface area contributed by atoms with Crippen LogP contribution in [0.4, 0.5) is 4.39 Å². The average Bonchev–Trinajstić information content (AvgIpc) is 3.11. The van der Waals surface area contributed by atoms with Crippen molar-refractivity contribution in [2.45, 2.75) is 26.0 Å². The summed E-state index contributed by atoms with van der Waals surface area (Å²) in [5.74, 6) is -2.63. The fraction of sp³-hybridized carbons (Fsp3) is 0.261. The number of methoxy groups -OCH3 is 1. The Labute approximate surface area is 208 Å². The van der Waals surface area contributed by atoms with Crippen molar-refractivity contribution < 1.29 is 33.3 Å². The van der Waals surface area contributed by atoms with Crippen LogP contribution < -0.4 is 15.2 Å². The van der Waals surface area contributed by atoms with E-state index in [0.29, 0.717) is 0 Å². The smallest absolute Gasteiger partial charge is 0.348 e. The van der Waals surface area contributed by atoms with Crippen molar-refractivity contribution in [1.82, 2.24) is 14.3 Å². The lowest BCUT2D eigenvalue weighted by molar-refractivity contribution is -0.151.